The van der Waals surface area contributed by atoms with E-state index in [1.165, 1.54) is 18.4 Å². The normalized spacial score (nSPS) is 11.0. The lowest BCUT2D eigenvalue weighted by Crippen LogP contribution is -1.91. The number of aromatic nitrogens is 1. The molecule has 0 aliphatic carbocycles. The summed E-state index contributed by atoms with van der Waals surface area (Å²) in [6.07, 6.45) is 5.23. The monoisotopic (exact) mass is 355 g/mol. The Labute approximate surface area is 159 Å². The van der Waals surface area contributed by atoms with Crippen molar-refractivity contribution in [1.82, 2.24) is 4.98 Å². The van der Waals surface area contributed by atoms with Gasteiger partial charge in [-0.15, -0.1) is 0 Å². The van der Waals surface area contributed by atoms with Crippen LogP contribution in [0.1, 0.15) is 25.3 Å². The second kappa shape index (κ2) is 7.71. The first-order chi connectivity index (χ1) is 13.3. The maximum absolute atomic E-state index is 14.6. The number of halogens is 1. The smallest absolute Gasteiger partial charge is 0.131 e. The zero-order valence-corrected chi connectivity index (χ0v) is 15.5. The SMILES string of the molecule is CCCCc1ccc(-c2cc(-c3nccc4ccccc34)ccc2F)cc1. The van der Waals surface area contributed by atoms with E-state index < -0.39 is 0 Å². The molecular formula is C25H22FN. The Hall–Kier alpha value is -3.00. The summed E-state index contributed by atoms with van der Waals surface area (Å²) in [4.78, 5) is 4.57. The fourth-order valence-corrected chi connectivity index (χ4v) is 3.48. The molecule has 4 aromatic rings. The van der Waals surface area contributed by atoms with Gasteiger partial charge in [0.15, 0.2) is 0 Å². The van der Waals surface area contributed by atoms with Crippen molar-refractivity contribution in [3.05, 3.63) is 90.4 Å². The fraction of sp³-hybridized carbons (Fsp3) is 0.160. The highest BCUT2D eigenvalue weighted by Gasteiger charge is 2.10. The number of rotatable bonds is 5. The number of fused-ring (bicyclic) bond motifs is 1. The van der Waals surface area contributed by atoms with Crippen molar-refractivity contribution < 1.29 is 4.39 Å². The third kappa shape index (κ3) is 3.61. The molecule has 0 saturated heterocycles. The van der Waals surface area contributed by atoms with Crippen molar-refractivity contribution in [1.29, 1.82) is 0 Å². The van der Waals surface area contributed by atoms with Crippen LogP contribution in [0.2, 0.25) is 0 Å². The van der Waals surface area contributed by atoms with Crippen LogP contribution in [0, 0.1) is 5.82 Å². The lowest BCUT2D eigenvalue weighted by atomic mass is 9.97. The molecule has 2 heteroatoms. The van der Waals surface area contributed by atoms with Crippen LogP contribution >= 0.6 is 0 Å². The average molecular weight is 355 g/mol. The standard InChI is InChI=1S/C25H22FN/c1-2-3-6-18-9-11-20(12-10-18)23-17-21(13-14-24(23)26)25-22-8-5-4-7-19(22)15-16-27-25/h4-5,7-17H,2-3,6H2,1H3. The van der Waals surface area contributed by atoms with Gasteiger partial charge in [-0.25, -0.2) is 4.39 Å². The largest absolute Gasteiger partial charge is 0.256 e. The van der Waals surface area contributed by atoms with E-state index in [1.54, 1.807) is 6.07 Å². The average Bonchev–Trinajstić information content (AvgIpc) is 2.73. The lowest BCUT2D eigenvalue weighted by Gasteiger charge is -2.10. The Bertz CT molecular complexity index is 1060. The molecular weight excluding hydrogens is 333 g/mol. The van der Waals surface area contributed by atoms with Gasteiger partial charge in [-0.2, -0.15) is 0 Å². The lowest BCUT2D eigenvalue weighted by molar-refractivity contribution is 0.631. The van der Waals surface area contributed by atoms with Gasteiger partial charge in [-0.3, -0.25) is 4.98 Å². The van der Waals surface area contributed by atoms with E-state index in [2.05, 4.69) is 36.2 Å². The first kappa shape index (κ1) is 17.4. The number of benzene rings is 3. The molecule has 1 nitrogen and oxygen atoms in total. The molecule has 1 heterocycles. The first-order valence-corrected chi connectivity index (χ1v) is 9.49. The van der Waals surface area contributed by atoms with Gasteiger partial charge in [0.25, 0.3) is 0 Å². The molecule has 0 saturated carbocycles. The molecule has 0 unspecified atom stereocenters. The molecule has 0 N–H and O–H groups in total. The van der Waals surface area contributed by atoms with Crippen molar-refractivity contribution in [2.45, 2.75) is 26.2 Å². The summed E-state index contributed by atoms with van der Waals surface area (Å²) in [6, 6.07) is 23.7. The minimum atomic E-state index is -0.208. The van der Waals surface area contributed by atoms with Gasteiger partial charge in [-0.05, 0) is 53.6 Å². The van der Waals surface area contributed by atoms with Crippen LogP contribution < -0.4 is 0 Å². The molecule has 27 heavy (non-hydrogen) atoms. The molecule has 134 valence electrons. The van der Waals surface area contributed by atoms with Gasteiger partial charge in [0.05, 0.1) is 5.69 Å². The number of pyridine rings is 1. The van der Waals surface area contributed by atoms with E-state index in [9.17, 15) is 4.39 Å². The molecule has 0 radical (unpaired) electrons. The summed E-state index contributed by atoms with van der Waals surface area (Å²) in [5, 5.41) is 2.21. The molecule has 4 rings (SSSR count). The van der Waals surface area contributed by atoms with Gasteiger partial charge < -0.3 is 0 Å². The third-order valence-corrected chi connectivity index (χ3v) is 5.00. The number of aryl methyl sites for hydroxylation is 1. The second-order valence-corrected chi connectivity index (χ2v) is 6.88. The summed E-state index contributed by atoms with van der Waals surface area (Å²) in [7, 11) is 0. The van der Waals surface area contributed by atoms with Crippen LogP contribution in [-0.2, 0) is 6.42 Å². The number of hydrogen-bond donors (Lipinski definition) is 0. The van der Waals surface area contributed by atoms with Gasteiger partial charge in [0, 0.05) is 22.7 Å². The molecule has 0 bridgehead atoms. The van der Waals surface area contributed by atoms with Crippen LogP contribution in [0.3, 0.4) is 0 Å². The van der Waals surface area contributed by atoms with Crippen LogP contribution in [-0.4, -0.2) is 4.98 Å². The maximum Gasteiger partial charge on any atom is 0.131 e. The third-order valence-electron chi connectivity index (χ3n) is 5.00. The predicted octanol–water partition coefficient (Wildman–Crippen LogP) is 7.05. The highest BCUT2D eigenvalue weighted by Crippen LogP contribution is 2.31. The molecule has 1 aromatic heterocycles. The number of unbranched alkanes of at least 4 members (excludes halogenated alkanes) is 1. The van der Waals surface area contributed by atoms with Crippen molar-refractivity contribution in [3.8, 4) is 22.4 Å². The minimum absolute atomic E-state index is 0.208. The highest BCUT2D eigenvalue weighted by molar-refractivity contribution is 5.95. The second-order valence-electron chi connectivity index (χ2n) is 6.88. The van der Waals surface area contributed by atoms with Crippen LogP contribution in [0.25, 0.3) is 33.2 Å². The van der Waals surface area contributed by atoms with Crippen LogP contribution in [0.4, 0.5) is 4.39 Å². The van der Waals surface area contributed by atoms with Crippen molar-refractivity contribution >= 4 is 10.8 Å². The van der Waals surface area contributed by atoms with E-state index in [-0.39, 0.29) is 5.82 Å². The predicted molar refractivity (Wildman–Crippen MR) is 111 cm³/mol. The Morgan fingerprint density at radius 2 is 1.63 bits per heavy atom. The minimum Gasteiger partial charge on any atom is -0.256 e. The Morgan fingerprint density at radius 1 is 0.852 bits per heavy atom. The zero-order chi connectivity index (χ0) is 18.6. The summed E-state index contributed by atoms with van der Waals surface area (Å²) in [5.41, 5.74) is 4.62. The summed E-state index contributed by atoms with van der Waals surface area (Å²) < 4.78 is 14.6. The molecule has 0 atom stereocenters. The van der Waals surface area contributed by atoms with Gasteiger partial charge in [0.2, 0.25) is 0 Å². The summed E-state index contributed by atoms with van der Waals surface area (Å²) in [6.45, 7) is 2.19. The van der Waals surface area contributed by atoms with Crippen molar-refractivity contribution in [3.63, 3.8) is 0 Å². The van der Waals surface area contributed by atoms with Gasteiger partial charge in [0.1, 0.15) is 5.82 Å². The van der Waals surface area contributed by atoms with Crippen LogP contribution in [0.15, 0.2) is 79.0 Å². The topological polar surface area (TPSA) is 12.9 Å². The van der Waals surface area contributed by atoms with Crippen LogP contribution in [0.5, 0.6) is 0 Å². The molecule has 0 spiro atoms. The van der Waals surface area contributed by atoms with Gasteiger partial charge >= 0.3 is 0 Å². The van der Waals surface area contributed by atoms with E-state index in [0.29, 0.717) is 5.56 Å². The van der Waals surface area contributed by atoms with E-state index in [4.69, 9.17) is 0 Å². The number of hydrogen-bond acceptors (Lipinski definition) is 1. The zero-order valence-electron chi connectivity index (χ0n) is 15.5. The Balaban J connectivity index is 1.75. The highest BCUT2D eigenvalue weighted by atomic mass is 19.1. The first-order valence-electron chi connectivity index (χ1n) is 9.49. The van der Waals surface area contributed by atoms with Crippen molar-refractivity contribution in [2.75, 3.05) is 0 Å². The van der Waals surface area contributed by atoms with Crippen molar-refractivity contribution in [2.24, 2.45) is 0 Å². The molecule has 0 fully saturated rings. The van der Waals surface area contributed by atoms with E-state index in [1.807, 2.05) is 48.7 Å². The maximum atomic E-state index is 14.6. The van der Waals surface area contributed by atoms with E-state index in [0.717, 1.165) is 34.0 Å². The molecule has 0 aliphatic heterocycles. The van der Waals surface area contributed by atoms with Gasteiger partial charge in [-0.1, -0.05) is 61.9 Å². The molecule has 3 aromatic carbocycles. The Kier molecular flexibility index (Phi) is 4.97. The molecule has 0 amide bonds. The van der Waals surface area contributed by atoms with E-state index >= 15 is 0 Å². The quantitative estimate of drug-likeness (QED) is 0.374. The summed E-state index contributed by atoms with van der Waals surface area (Å²) >= 11 is 0. The Morgan fingerprint density at radius 3 is 2.44 bits per heavy atom. The summed E-state index contributed by atoms with van der Waals surface area (Å²) in [5.74, 6) is -0.208. The number of nitrogens with zero attached hydrogens (tertiary/aromatic N) is 1. The molecule has 0 aliphatic rings. The fourth-order valence-electron chi connectivity index (χ4n) is 3.48.